The molecule has 1 saturated heterocycles. The summed E-state index contributed by atoms with van der Waals surface area (Å²) in [5.41, 5.74) is 6.10. The van der Waals surface area contributed by atoms with Crippen LogP contribution in [0.4, 0.5) is 4.39 Å². The molecule has 2 fully saturated rings. The molecule has 1 aliphatic heterocycles. The molecule has 9 heteroatoms. The van der Waals surface area contributed by atoms with E-state index in [1.165, 1.54) is 23.5 Å². The largest absolute Gasteiger partial charge is 0.342 e. The minimum absolute atomic E-state index is 0. The first-order valence-electron chi connectivity index (χ1n) is 9.04. The van der Waals surface area contributed by atoms with E-state index in [0.29, 0.717) is 24.7 Å². The molecule has 0 spiro atoms. The number of nitrogens with zero attached hydrogens (tertiary/aromatic N) is 2. The summed E-state index contributed by atoms with van der Waals surface area (Å²) in [4.78, 5) is 14.3. The van der Waals surface area contributed by atoms with Gasteiger partial charge in [0, 0.05) is 39.1 Å². The van der Waals surface area contributed by atoms with E-state index in [2.05, 4.69) is 0 Å². The van der Waals surface area contributed by atoms with Crippen molar-refractivity contribution in [3.8, 4) is 0 Å². The van der Waals surface area contributed by atoms with Crippen LogP contribution >= 0.6 is 12.4 Å². The van der Waals surface area contributed by atoms with Crippen LogP contribution in [0, 0.1) is 17.7 Å². The van der Waals surface area contributed by atoms with Crippen LogP contribution in [0.15, 0.2) is 29.2 Å². The number of halogens is 2. The van der Waals surface area contributed by atoms with Gasteiger partial charge in [0.1, 0.15) is 5.82 Å². The summed E-state index contributed by atoms with van der Waals surface area (Å²) in [6, 6.07) is 4.94. The quantitative estimate of drug-likeness (QED) is 0.762. The van der Waals surface area contributed by atoms with E-state index in [4.69, 9.17) is 5.73 Å². The van der Waals surface area contributed by atoms with E-state index < -0.39 is 15.8 Å². The maximum Gasteiger partial charge on any atom is 0.242 e. The number of nitrogens with two attached hydrogens (primary N) is 1. The summed E-state index contributed by atoms with van der Waals surface area (Å²) in [6.45, 7) is 1.75. The Labute approximate surface area is 166 Å². The molecule has 0 bridgehead atoms. The fourth-order valence-corrected chi connectivity index (χ4v) is 5.24. The lowest BCUT2D eigenvalue weighted by Crippen LogP contribution is -2.34. The van der Waals surface area contributed by atoms with Gasteiger partial charge in [0.15, 0.2) is 0 Å². The molecule has 1 amide bonds. The zero-order valence-electron chi connectivity index (χ0n) is 15.4. The van der Waals surface area contributed by atoms with E-state index >= 15 is 0 Å². The van der Waals surface area contributed by atoms with Crippen molar-refractivity contribution in [2.45, 2.75) is 36.6 Å². The predicted molar refractivity (Wildman–Crippen MR) is 103 cm³/mol. The average Bonchev–Trinajstić information content (AvgIpc) is 3.17. The summed E-state index contributed by atoms with van der Waals surface area (Å²) in [5, 5.41) is 0. The van der Waals surface area contributed by atoms with Gasteiger partial charge in [-0.3, -0.25) is 4.79 Å². The van der Waals surface area contributed by atoms with Crippen molar-refractivity contribution in [2.75, 3.05) is 26.7 Å². The van der Waals surface area contributed by atoms with Gasteiger partial charge in [-0.1, -0.05) is 0 Å². The number of fused-ring (bicyclic) bond motifs is 1. The van der Waals surface area contributed by atoms with Gasteiger partial charge < -0.3 is 10.6 Å². The first-order chi connectivity index (χ1) is 12.3. The molecular weight excluding hydrogens is 393 g/mol. The maximum atomic E-state index is 13.0. The monoisotopic (exact) mass is 419 g/mol. The van der Waals surface area contributed by atoms with Crippen LogP contribution in [0.2, 0.25) is 0 Å². The third kappa shape index (κ3) is 4.80. The van der Waals surface area contributed by atoms with E-state index in [1.54, 1.807) is 0 Å². The first kappa shape index (κ1) is 22.1. The Morgan fingerprint density at radius 2 is 1.93 bits per heavy atom. The minimum Gasteiger partial charge on any atom is -0.342 e. The Kier molecular flexibility index (Phi) is 7.24. The van der Waals surface area contributed by atoms with Crippen LogP contribution in [0.3, 0.4) is 0 Å². The lowest BCUT2D eigenvalue weighted by molar-refractivity contribution is -0.130. The van der Waals surface area contributed by atoms with Gasteiger partial charge in [0.2, 0.25) is 15.9 Å². The van der Waals surface area contributed by atoms with E-state index in [0.717, 1.165) is 38.1 Å². The molecule has 1 aliphatic carbocycles. The lowest BCUT2D eigenvalue weighted by atomic mass is 9.98. The standard InChI is InChI=1S/C18H26FN3O3S.ClH/c1-21(26(24,25)15-7-5-14(19)6-8-15)10-2-3-18(23)22-11-13-4-9-17(20)16(13)12-22;/h5-8,13,16-17H,2-4,9-12,20H2,1H3;1H. The number of rotatable bonds is 6. The highest BCUT2D eigenvalue weighted by molar-refractivity contribution is 7.89. The second-order valence-electron chi connectivity index (χ2n) is 7.35. The normalized spacial score (nSPS) is 24.7. The molecule has 6 nitrogen and oxygen atoms in total. The van der Waals surface area contributed by atoms with Crippen molar-refractivity contribution < 1.29 is 17.6 Å². The molecule has 1 aromatic rings. The van der Waals surface area contributed by atoms with Crippen LogP contribution in [-0.4, -0.2) is 56.3 Å². The second-order valence-corrected chi connectivity index (χ2v) is 9.39. The molecule has 152 valence electrons. The number of likely N-dealkylation sites (tertiary alicyclic amines) is 1. The fraction of sp³-hybridized carbons (Fsp3) is 0.611. The molecule has 27 heavy (non-hydrogen) atoms. The van der Waals surface area contributed by atoms with Gasteiger partial charge >= 0.3 is 0 Å². The van der Waals surface area contributed by atoms with Crippen molar-refractivity contribution in [3.05, 3.63) is 30.1 Å². The Balaban J connectivity index is 0.00000261. The van der Waals surface area contributed by atoms with Gasteiger partial charge in [-0.05, 0) is 55.4 Å². The van der Waals surface area contributed by atoms with E-state index in [-0.39, 0.29) is 35.8 Å². The molecule has 2 aliphatic rings. The first-order valence-corrected chi connectivity index (χ1v) is 10.5. The van der Waals surface area contributed by atoms with Crippen molar-refractivity contribution in [1.82, 2.24) is 9.21 Å². The third-order valence-electron chi connectivity index (χ3n) is 5.65. The Bertz CT molecular complexity index is 760. The number of hydrogen-bond donors (Lipinski definition) is 1. The van der Waals surface area contributed by atoms with Crippen LogP contribution in [0.1, 0.15) is 25.7 Å². The van der Waals surface area contributed by atoms with E-state index in [1.807, 2.05) is 4.90 Å². The summed E-state index contributed by atoms with van der Waals surface area (Å²) < 4.78 is 39.1. The zero-order chi connectivity index (χ0) is 18.9. The zero-order valence-corrected chi connectivity index (χ0v) is 17.0. The third-order valence-corrected chi connectivity index (χ3v) is 7.52. The predicted octanol–water partition coefficient (Wildman–Crippen LogP) is 1.84. The number of amides is 1. The SMILES string of the molecule is CN(CCCC(=O)N1CC2CCC(N)C2C1)S(=O)(=O)c1ccc(F)cc1.Cl. The van der Waals surface area contributed by atoms with Gasteiger partial charge in [0.05, 0.1) is 4.90 Å². The molecule has 2 N–H and O–H groups in total. The van der Waals surface area contributed by atoms with Crippen molar-refractivity contribution in [3.63, 3.8) is 0 Å². The van der Waals surface area contributed by atoms with Gasteiger partial charge in [0.25, 0.3) is 0 Å². The molecule has 0 radical (unpaired) electrons. The smallest absolute Gasteiger partial charge is 0.242 e. The topological polar surface area (TPSA) is 83.7 Å². The Morgan fingerprint density at radius 3 is 2.56 bits per heavy atom. The molecule has 1 aromatic carbocycles. The Hall–Kier alpha value is -1.22. The Morgan fingerprint density at radius 1 is 1.26 bits per heavy atom. The highest BCUT2D eigenvalue weighted by atomic mass is 35.5. The summed E-state index contributed by atoms with van der Waals surface area (Å²) >= 11 is 0. The highest BCUT2D eigenvalue weighted by Crippen LogP contribution is 2.37. The van der Waals surface area contributed by atoms with E-state index in [9.17, 15) is 17.6 Å². The molecular formula is C18H27ClFN3O3S. The second kappa shape index (κ2) is 8.86. The number of carbonyl (C=O) groups is 1. The number of benzene rings is 1. The van der Waals surface area contributed by atoms with Crippen LogP contribution in [0.5, 0.6) is 0 Å². The van der Waals surface area contributed by atoms with Crippen LogP contribution in [-0.2, 0) is 14.8 Å². The average molecular weight is 420 g/mol. The molecule has 0 aromatic heterocycles. The number of hydrogen-bond acceptors (Lipinski definition) is 4. The number of carbonyl (C=O) groups excluding carboxylic acids is 1. The summed E-state index contributed by atoms with van der Waals surface area (Å²) in [5.74, 6) is 0.530. The molecule has 1 saturated carbocycles. The van der Waals surface area contributed by atoms with Gasteiger partial charge in [-0.25, -0.2) is 17.1 Å². The van der Waals surface area contributed by atoms with Crippen molar-refractivity contribution in [1.29, 1.82) is 0 Å². The number of sulfonamides is 1. The maximum absolute atomic E-state index is 13.0. The summed E-state index contributed by atoms with van der Waals surface area (Å²) in [7, 11) is -2.19. The van der Waals surface area contributed by atoms with Crippen LogP contribution in [0.25, 0.3) is 0 Å². The lowest BCUT2D eigenvalue weighted by Gasteiger charge is -2.20. The highest BCUT2D eigenvalue weighted by Gasteiger charge is 2.42. The van der Waals surface area contributed by atoms with Gasteiger partial charge in [-0.15, -0.1) is 12.4 Å². The summed E-state index contributed by atoms with van der Waals surface area (Å²) in [6.07, 6.45) is 2.91. The fourth-order valence-electron chi connectivity index (χ4n) is 4.03. The van der Waals surface area contributed by atoms with Crippen molar-refractivity contribution >= 4 is 28.3 Å². The molecule has 3 atom stereocenters. The molecule has 1 heterocycles. The molecule has 3 rings (SSSR count). The minimum atomic E-state index is -3.67. The van der Waals surface area contributed by atoms with Gasteiger partial charge in [-0.2, -0.15) is 0 Å². The van der Waals surface area contributed by atoms with Crippen molar-refractivity contribution in [2.24, 2.45) is 17.6 Å². The van der Waals surface area contributed by atoms with Crippen LogP contribution < -0.4 is 5.73 Å². The molecule has 3 unspecified atom stereocenters.